The highest BCUT2D eigenvalue weighted by molar-refractivity contribution is 5.82. The summed E-state index contributed by atoms with van der Waals surface area (Å²) in [7, 11) is 1.33. The van der Waals surface area contributed by atoms with Gasteiger partial charge in [0.15, 0.2) is 0 Å². The SMILES string of the molecule is COC(=O)[C@@H]1C[C@@H](NCc2ccccc2)CN1C(=O)OC(C)(C)C. The lowest BCUT2D eigenvalue weighted by atomic mass is 10.1. The van der Waals surface area contributed by atoms with Crippen molar-refractivity contribution in [2.45, 2.75) is 51.4 Å². The Bertz CT molecular complexity index is 568. The number of esters is 1. The summed E-state index contributed by atoms with van der Waals surface area (Å²) in [6.07, 6.45) is 0.0283. The summed E-state index contributed by atoms with van der Waals surface area (Å²) < 4.78 is 10.2. The van der Waals surface area contributed by atoms with E-state index in [2.05, 4.69) is 5.32 Å². The average Bonchev–Trinajstić information content (AvgIpc) is 2.96. The molecule has 1 saturated heterocycles. The van der Waals surface area contributed by atoms with Crippen LogP contribution in [0.15, 0.2) is 30.3 Å². The van der Waals surface area contributed by atoms with Crippen molar-refractivity contribution in [3.05, 3.63) is 35.9 Å². The number of carbonyl (C=O) groups excluding carboxylic acids is 2. The van der Waals surface area contributed by atoms with Crippen LogP contribution in [-0.2, 0) is 20.8 Å². The van der Waals surface area contributed by atoms with Crippen molar-refractivity contribution in [2.24, 2.45) is 0 Å². The highest BCUT2D eigenvalue weighted by atomic mass is 16.6. The van der Waals surface area contributed by atoms with Gasteiger partial charge in [-0.15, -0.1) is 0 Å². The van der Waals surface area contributed by atoms with E-state index in [1.165, 1.54) is 12.0 Å². The van der Waals surface area contributed by atoms with Crippen molar-refractivity contribution in [3.63, 3.8) is 0 Å². The largest absolute Gasteiger partial charge is 0.467 e. The zero-order valence-electron chi connectivity index (χ0n) is 14.7. The van der Waals surface area contributed by atoms with Crippen molar-refractivity contribution in [2.75, 3.05) is 13.7 Å². The number of likely N-dealkylation sites (tertiary alicyclic amines) is 1. The molecule has 24 heavy (non-hydrogen) atoms. The second-order valence-corrected chi connectivity index (χ2v) is 6.97. The molecule has 0 aromatic heterocycles. The molecule has 1 amide bonds. The Morgan fingerprint density at radius 3 is 2.50 bits per heavy atom. The fourth-order valence-electron chi connectivity index (χ4n) is 2.72. The molecule has 6 heteroatoms. The summed E-state index contributed by atoms with van der Waals surface area (Å²) in [6, 6.07) is 9.40. The molecule has 0 unspecified atom stereocenters. The van der Waals surface area contributed by atoms with E-state index >= 15 is 0 Å². The third-order valence-electron chi connectivity index (χ3n) is 3.84. The zero-order valence-corrected chi connectivity index (χ0v) is 14.7. The minimum atomic E-state index is -0.613. The monoisotopic (exact) mass is 334 g/mol. The molecule has 0 saturated carbocycles. The van der Waals surface area contributed by atoms with Crippen LogP contribution in [0, 0.1) is 0 Å². The highest BCUT2D eigenvalue weighted by Gasteiger charge is 2.41. The Balaban J connectivity index is 2.01. The van der Waals surface area contributed by atoms with Crippen LogP contribution in [0.3, 0.4) is 0 Å². The second-order valence-electron chi connectivity index (χ2n) is 6.97. The first-order chi connectivity index (χ1) is 11.3. The molecular formula is C18H26N2O4. The van der Waals surface area contributed by atoms with Gasteiger partial charge in [0.2, 0.25) is 0 Å². The van der Waals surface area contributed by atoms with Crippen molar-refractivity contribution in [1.29, 1.82) is 0 Å². The molecule has 0 radical (unpaired) electrons. The van der Waals surface area contributed by atoms with Gasteiger partial charge < -0.3 is 14.8 Å². The first kappa shape index (κ1) is 18.3. The fourth-order valence-corrected chi connectivity index (χ4v) is 2.72. The third-order valence-corrected chi connectivity index (χ3v) is 3.84. The minimum absolute atomic E-state index is 0.0156. The maximum absolute atomic E-state index is 12.4. The van der Waals surface area contributed by atoms with Crippen LogP contribution in [0.25, 0.3) is 0 Å². The number of methoxy groups -OCH3 is 1. The van der Waals surface area contributed by atoms with Gasteiger partial charge in [0.25, 0.3) is 0 Å². The molecule has 1 aliphatic rings. The number of amides is 1. The van der Waals surface area contributed by atoms with Gasteiger partial charge in [-0.3, -0.25) is 4.90 Å². The average molecular weight is 334 g/mol. The molecule has 0 bridgehead atoms. The van der Waals surface area contributed by atoms with Crippen LogP contribution in [-0.4, -0.2) is 48.3 Å². The van der Waals surface area contributed by atoms with Crippen LogP contribution in [0.4, 0.5) is 4.79 Å². The summed E-state index contributed by atoms with van der Waals surface area (Å²) in [5.41, 5.74) is 0.552. The predicted molar refractivity (Wildman–Crippen MR) is 90.4 cm³/mol. The van der Waals surface area contributed by atoms with E-state index in [4.69, 9.17) is 9.47 Å². The number of carbonyl (C=O) groups is 2. The molecule has 6 nitrogen and oxygen atoms in total. The molecule has 0 spiro atoms. The molecule has 0 aliphatic carbocycles. The van der Waals surface area contributed by atoms with Gasteiger partial charge >= 0.3 is 12.1 Å². The van der Waals surface area contributed by atoms with Crippen LogP contribution in [0.5, 0.6) is 0 Å². The molecular weight excluding hydrogens is 308 g/mol. The van der Waals surface area contributed by atoms with Gasteiger partial charge in [-0.25, -0.2) is 9.59 Å². The Labute approximate surface area is 143 Å². The molecule has 2 rings (SSSR count). The summed E-state index contributed by atoms with van der Waals surface area (Å²) in [5, 5.41) is 3.40. The number of ether oxygens (including phenoxy) is 2. The van der Waals surface area contributed by atoms with Gasteiger partial charge in [0.1, 0.15) is 11.6 Å². The topological polar surface area (TPSA) is 67.9 Å². The summed E-state index contributed by atoms with van der Waals surface area (Å²) in [5.74, 6) is -0.412. The predicted octanol–water partition coefficient (Wildman–Crippen LogP) is 2.33. The number of hydrogen-bond acceptors (Lipinski definition) is 5. The molecule has 2 atom stereocenters. The number of nitrogens with one attached hydrogen (secondary N) is 1. The molecule has 1 heterocycles. The van der Waals surface area contributed by atoms with E-state index in [0.717, 1.165) is 5.56 Å². The van der Waals surface area contributed by atoms with Gasteiger partial charge in [-0.1, -0.05) is 30.3 Å². The number of hydrogen-bond donors (Lipinski definition) is 1. The van der Waals surface area contributed by atoms with E-state index in [1.807, 2.05) is 30.3 Å². The third kappa shape index (κ3) is 4.96. The molecule has 1 fully saturated rings. The number of nitrogens with zero attached hydrogens (tertiary/aromatic N) is 1. The molecule has 1 aromatic carbocycles. The van der Waals surface area contributed by atoms with Gasteiger partial charge in [0.05, 0.1) is 7.11 Å². The number of rotatable bonds is 4. The normalized spacial score (nSPS) is 20.8. The summed E-state index contributed by atoms with van der Waals surface area (Å²) in [6.45, 7) is 6.51. The van der Waals surface area contributed by atoms with Crippen LogP contribution in [0.1, 0.15) is 32.8 Å². The maximum atomic E-state index is 12.4. The Morgan fingerprint density at radius 1 is 1.25 bits per heavy atom. The lowest BCUT2D eigenvalue weighted by molar-refractivity contribution is -0.145. The molecule has 1 N–H and O–H groups in total. The van der Waals surface area contributed by atoms with Crippen LogP contribution < -0.4 is 5.32 Å². The van der Waals surface area contributed by atoms with E-state index in [9.17, 15) is 9.59 Å². The van der Waals surface area contributed by atoms with E-state index in [0.29, 0.717) is 19.5 Å². The second kappa shape index (κ2) is 7.66. The Kier molecular flexibility index (Phi) is 5.83. The lowest BCUT2D eigenvalue weighted by Crippen LogP contribution is -2.44. The van der Waals surface area contributed by atoms with E-state index in [1.54, 1.807) is 20.8 Å². The van der Waals surface area contributed by atoms with Crippen molar-refractivity contribution in [3.8, 4) is 0 Å². The van der Waals surface area contributed by atoms with Crippen LogP contribution >= 0.6 is 0 Å². The highest BCUT2D eigenvalue weighted by Crippen LogP contribution is 2.22. The lowest BCUT2D eigenvalue weighted by Gasteiger charge is -2.27. The van der Waals surface area contributed by atoms with Crippen molar-refractivity contribution >= 4 is 12.1 Å². The number of benzene rings is 1. The van der Waals surface area contributed by atoms with Gasteiger partial charge in [-0.05, 0) is 32.8 Å². The Morgan fingerprint density at radius 2 is 1.92 bits per heavy atom. The first-order valence-electron chi connectivity index (χ1n) is 8.15. The standard InChI is InChI=1S/C18H26N2O4/c1-18(2,3)24-17(22)20-12-14(10-15(20)16(21)23-4)19-11-13-8-6-5-7-9-13/h5-9,14-15,19H,10-12H2,1-4H3/t14-,15+/m1/s1. The van der Waals surface area contributed by atoms with Gasteiger partial charge in [-0.2, -0.15) is 0 Å². The quantitative estimate of drug-likeness (QED) is 0.856. The van der Waals surface area contributed by atoms with Crippen molar-refractivity contribution in [1.82, 2.24) is 10.2 Å². The molecule has 1 aromatic rings. The maximum Gasteiger partial charge on any atom is 0.411 e. The van der Waals surface area contributed by atoms with Crippen LogP contribution in [0.2, 0.25) is 0 Å². The Hall–Kier alpha value is -2.08. The summed E-state index contributed by atoms with van der Waals surface area (Å²) in [4.78, 5) is 25.9. The first-order valence-corrected chi connectivity index (χ1v) is 8.15. The molecule has 132 valence electrons. The fraction of sp³-hybridized carbons (Fsp3) is 0.556. The summed E-state index contributed by atoms with van der Waals surface area (Å²) >= 11 is 0. The minimum Gasteiger partial charge on any atom is -0.467 e. The van der Waals surface area contributed by atoms with E-state index in [-0.39, 0.29) is 6.04 Å². The van der Waals surface area contributed by atoms with Crippen molar-refractivity contribution < 1.29 is 19.1 Å². The van der Waals surface area contributed by atoms with Gasteiger partial charge in [0, 0.05) is 19.1 Å². The smallest absolute Gasteiger partial charge is 0.411 e. The molecule has 1 aliphatic heterocycles. The zero-order chi connectivity index (χ0) is 17.7. The van der Waals surface area contributed by atoms with E-state index < -0.39 is 23.7 Å².